The van der Waals surface area contributed by atoms with Crippen molar-refractivity contribution in [2.75, 3.05) is 26.8 Å². The van der Waals surface area contributed by atoms with Crippen LogP contribution in [0.2, 0.25) is 0 Å². The minimum absolute atomic E-state index is 0.0957. The van der Waals surface area contributed by atoms with Gasteiger partial charge in [-0.1, -0.05) is 37.3 Å². The number of benzene rings is 1. The predicted molar refractivity (Wildman–Crippen MR) is 184 cm³/mol. The molecule has 0 radical (unpaired) electrons. The van der Waals surface area contributed by atoms with Crippen molar-refractivity contribution in [1.29, 1.82) is 5.26 Å². The number of piperidine rings is 1. The minimum atomic E-state index is -0.659. The number of ketones is 1. The zero-order valence-corrected chi connectivity index (χ0v) is 28.9. The first-order valence-electron chi connectivity index (χ1n) is 16.3. The lowest BCUT2D eigenvalue weighted by Gasteiger charge is -2.33. The molecule has 1 aromatic carbocycles. The van der Waals surface area contributed by atoms with Crippen LogP contribution in [0, 0.1) is 17.2 Å². The highest BCUT2D eigenvalue weighted by Crippen LogP contribution is 2.37. The van der Waals surface area contributed by atoms with E-state index in [4.69, 9.17) is 9.47 Å². The molecule has 0 spiro atoms. The van der Waals surface area contributed by atoms with Crippen molar-refractivity contribution in [1.82, 2.24) is 25.2 Å². The highest BCUT2D eigenvalue weighted by atomic mass is 32.1. The molecule has 252 valence electrons. The van der Waals surface area contributed by atoms with Crippen LogP contribution in [-0.2, 0) is 9.53 Å². The van der Waals surface area contributed by atoms with Gasteiger partial charge in [0.15, 0.2) is 0 Å². The van der Waals surface area contributed by atoms with E-state index in [1.807, 2.05) is 51.1 Å². The molecular weight excluding hydrogens is 629 g/mol. The van der Waals surface area contributed by atoms with E-state index in [-0.39, 0.29) is 29.4 Å². The van der Waals surface area contributed by atoms with Crippen molar-refractivity contribution >= 4 is 39.8 Å². The molecule has 2 unspecified atom stereocenters. The fourth-order valence-corrected chi connectivity index (χ4v) is 6.79. The van der Waals surface area contributed by atoms with Gasteiger partial charge in [0, 0.05) is 31.4 Å². The van der Waals surface area contributed by atoms with Crippen molar-refractivity contribution in [3.05, 3.63) is 64.9 Å². The Morgan fingerprint density at radius 3 is 2.56 bits per heavy atom. The van der Waals surface area contributed by atoms with Crippen molar-refractivity contribution in [2.24, 2.45) is 5.92 Å². The first kappa shape index (κ1) is 34.7. The highest BCUT2D eigenvalue weighted by molar-refractivity contribution is 7.17. The number of nitrogens with zero attached hydrogens (tertiary/aromatic N) is 4. The number of carbonyl (C=O) groups excluding carboxylic acids is 3. The van der Waals surface area contributed by atoms with E-state index in [2.05, 4.69) is 33.3 Å². The normalized spacial score (nSPS) is 15.1. The average Bonchev–Trinajstić information content (AvgIpc) is 3.77. The summed E-state index contributed by atoms with van der Waals surface area (Å²) >= 11 is 1.18. The van der Waals surface area contributed by atoms with Crippen LogP contribution in [0.15, 0.2) is 48.9 Å². The number of hydrogen-bond donors (Lipinski definition) is 2. The molecule has 2 N–H and O–H groups in total. The molecule has 0 aliphatic carbocycles. The number of carbonyl (C=O) groups is 3. The number of ether oxygens (including phenoxy) is 2. The largest absolute Gasteiger partial charge is 0.494 e. The first-order chi connectivity index (χ1) is 23.1. The van der Waals surface area contributed by atoms with Gasteiger partial charge in [0.05, 0.1) is 54.1 Å². The third kappa shape index (κ3) is 7.58. The number of nitriles is 1. The third-order valence-corrected chi connectivity index (χ3v) is 10.0. The maximum absolute atomic E-state index is 13.7. The molecular formula is C36H42N6O5S. The van der Waals surface area contributed by atoms with Crippen LogP contribution in [0.1, 0.15) is 84.9 Å². The maximum atomic E-state index is 13.7. The smallest absolute Gasteiger partial charge is 0.295 e. The zero-order valence-electron chi connectivity index (χ0n) is 28.0. The summed E-state index contributed by atoms with van der Waals surface area (Å²) in [4.78, 5) is 54.4. The minimum Gasteiger partial charge on any atom is -0.494 e. The number of pyridine rings is 1. The molecule has 4 aromatic rings. The van der Waals surface area contributed by atoms with Gasteiger partial charge in [-0.15, -0.1) is 11.3 Å². The van der Waals surface area contributed by atoms with Gasteiger partial charge in [-0.3, -0.25) is 14.4 Å². The van der Waals surface area contributed by atoms with Crippen molar-refractivity contribution in [2.45, 2.75) is 70.9 Å². The SMILES string of the molecule is CCC(C)OCCC(C)(C)NC(=O)c1cnc(-c2ncc(OC)c3c(C(=O)C(=O)N4CCC(C(C#N)c5ccccc5)CC4)c[nH]c23)s1. The van der Waals surface area contributed by atoms with Crippen LogP contribution in [0.25, 0.3) is 21.6 Å². The number of aromatic nitrogens is 3. The summed E-state index contributed by atoms with van der Waals surface area (Å²) in [5.74, 6) is -1.35. The van der Waals surface area contributed by atoms with Gasteiger partial charge < -0.3 is 24.7 Å². The van der Waals surface area contributed by atoms with Gasteiger partial charge in [-0.2, -0.15) is 5.26 Å². The van der Waals surface area contributed by atoms with E-state index in [1.165, 1.54) is 37.0 Å². The highest BCUT2D eigenvalue weighted by Gasteiger charge is 2.34. The van der Waals surface area contributed by atoms with Gasteiger partial charge in [-0.25, -0.2) is 9.97 Å². The van der Waals surface area contributed by atoms with Gasteiger partial charge in [0.1, 0.15) is 21.3 Å². The molecule has 0 bridgehead atoms. The van der Waals surface area contributed by atoms with Crippen LogP contribution < -0.4 is 10.1 Å². The lowest BCUT2D eigenvalue weighted by atomic mass is 9.81. The summed E-state index contributed by atoms with van der Waals surface area (Å²) in [6.07, 6.45) is 7.49. The monoisotopic (exact) mass is 670 g/mol. The average molecular weight is 671 g/mol. The molecule has 4 heterocycles. The summed E-state index contributed by atoms with van der Waals surface area (Å²) in [5, 5.41) is 13.8. The number of aromatic amines is 1. The van der Waals surface area contributed by atoms with E-state index in [1.54, 1.807) is 4.90 Å². The van der Waals surface area contributed by atoms with Gasteiger partial charge in [0.2, 0.25) is 0 Å². The summed E-state index contributed by atoms with van der Waals surface area (Å²) in [6.45, 7) is 9.32. The number of fused-ring (bicyclic) bond motifs is 1. The predicted octanol–water partition coefficient (Wildman–Crippen LogP) is 6.14. The van der Waals surface area contributed by atoms with Crippen molar-refractivity contribution in [3.8, 4) is 22.5 Å². The first-order valence-corrected chi connectivity index (χ1v) is 17.1. The van der Waals surface area contributed by atoms with Crippen LogP contribution in [0.5, 0.6) is 5.75 Å². The molecule has 11 nitrogen and oxygen atoms in total. The van der Waals surface area contributed by atoms with Gasteiger partial charge in [-0.05, 0) is 57.9 Å². The van der Waals surface area contributed by atoms with E-state index in [9.17, 15) is 19.6 Å². The maximum Gasteiger partial charge on any atom is 0.295 e. The molecule has 5 rings (SSSR count). The molecule has 0 saturated carbocycles. The molecule has 1 saturated heterocycles. The zero-order chi connectivity index (χ0) is 34.4. The number of nitrogens with one attached hydrogen (secondary N) is 2. The number of Topliss-reactive ketones (excluding diaryl/α,β-unsaturated/α-hetero) is 1. The summed E-state index contributed by atoms with van der Waals surface area (Å²) in [5.41, 5.74) is 1.57. The van der Waals surface area contributed by atoms with E-state index < -0.39 is 17.2 Å². The Kier molecular flexibility index (Phi) is 10.9. The molecule has 3 aromatic heterocycles. The number of likely N-dealkylation sites (tertiary alicyclic amines) is 1. The molecule has 1 aliphatic heterocycles. The van der Waals surface area contributed by atoms with Crippen LogP contribution >= 0.6 is 11.3 Å². The van der Waals surface area contributed by atoms with Gasteiger partial charge in [0.25, 0.3) is 17.6 Å². The number of H-pyrrole nitrogens is 1. The molecule has 48 heavy (non-hydrogen) atoms. The Balaban J connectivity index is 1.30. The molecule has 1 aliphatic rings. The Labute approximate surface area is 284 Å². The van der Waals surface area contributed by atoms with Crippen LogP contribution in [0.3, 0.4) is 0 Å². The van der Waals surface area contributed by atoms with Crippen LogP contribution in [-0.4, -0.2) is 75.9 Å². The second-order valence-corrected chi connectivity index (χ2v) is 13.8. The summed E-state index contributed by atoms with van der Waals surface area (Å²) in [7, 11) is 1.48. The van der Waals surface area contributed by atoms with Gasteiger partial charge >= 0.3 is 0 Å². The quantitative estimate of drug-likeness (QED) is 0.127. The standard InChI is InChI=1S/C36H42N6O5S/c1-6-22(2)47-17-14-36(3,4)41-33(44)28-21-40-34(48-28)31-30-29(27(46-5)20-39-31)26(19-38-30)32(43)35(45)42-15-12-24(13-16-42)25(18-37)23-10-8-7-9-11-23/h7-11,19-22,24-25,38H,6,12-17H2,1-5H3,(H,41,44). The number of thiazole rings is 1. The molecule has 1 fully saturated rings. The van der Waals surface area contributed by atoms with E-state index in [0.29, 0.717) is 71.2 Å². The number of hydrogen-bond acceptors (Lipinski definition) is 9. The Bertz CT molecular complexity index is 1800. The Morgan fingerprint density at radius 1 is 1.17 bits per heavy atom. The van der Waals surface area contributed by atoms with Crippen LogP contribution in [0.4, 0.5) is 0 Å². The number of methoxy groups -OCH3 is 1. The fraction of sp³-hybridized carbons (Fsp3) is 0.444. The van der Waals surface area contributed by atoms with E-state index >= 15 is 0 Å². The lowest BCUT2D eigenvalue weighted by molar-refractivity contribution is -0.127. The number of rotatable bonds is 13. The summed E-state index contributed by atoms with van der Waals surface area (Å²) < 4.78 is 11.4. The molecule has 2 atom stereocenters. The third-order valence-electron chi connectivity index (χ3n) is 9.02. The summed E-state index contributed by atoms with van der Waals surface area (Å²) in [6, 6.07) is 12.1. The Hall–Kier alpha value is -4.60. The Morgan fingerprint density at radius 2 is 1.90 bits per heavy atom. The van der Waals surface area contributed by atoms with Crippen molar-refractivity contribution in [3.63, 3.8) is 0 Å². The second-order valence-electron chi connectivity index (χ2n) is 12.8. The number of amides is 2. The lowest BCUT2D eigenvalue weighted by Crippen LogP contribution is -2.44. The topological polar surface area (TPSA) is 150 Å². The van der Waals surface area contributed by atoms with Crippen molar-refractivity contribution < 1.29 is 23.9 Å². The fourth-order valence-electron chi connectivity index (χ4n) is 5.97. The van der Waals surface area contributed by atoms with E-state index in [0.717, 1.165) is 12.0 Å². The molecule has 2 amide bonds. The second kappa shape index (κ2) is 15.1. The molecule has 12 heteroatoms.